The summed E-state index contributed by atoms with van der Waals surface area (Å²) in [5.74, 6) is -3.16. The Morgan fingerprint density at radius 1 is 1.04 bits per heavy atom. The van der Waals surface area contributed by atoms with Gasteiger partial charge in [-0.3, -0.25) is 9.59 Å². The minimum atomic E-state index is -5.06. The molecule has 10 heteroatoms. The van der Waals surface area contributed by atoms with E-state index in [1.165, 1.54) is 6.92 Å². The number of carboxylic acids is 1. The molecule has 2 rings (SSSR count). The number of halogens is 6. The summed E-state index contributed by atoms with van der Waals surface area (Å²) in [5, 5.41) is 9.14. The molecule has 0 spiro atoms. The van der Waals surface area contributed by atoms with Crippen molar-refractivity contribution in [2.24, 2.45) is 5.92 Å². The monoisotopic (exact) mass is 383 g/mol. The topological polar surface area (TPSA) is 57.6 Å². The molecule has 1 heterocycles. The highest BCUT2D eigenvalue weighted by Gasteiger charge is 2.40. The third kappa shape index (κ3) is 4.10. The Morgan fingerprint density at radius 2 is 1.54 bits per heavy atom. The predicted octanol–water partition coefficient (Wildman–Crippen LogP) is 4.05. The van der Waals surface area contributed by atoms with Crippen LogP contribution in [-0.4, -0.2) is 34.5 Å². The number of carbonyl (C=O) groups is 2. The van der Waals surface area contributed by atoms with E-state index in [2.05, 4.69) is 0 Å². The van der Waals surface area contributed by atoms with Crippen LogP contribution in [0.2, 0.25) is 0 Å². The molecular weight excluding hydrogens is 368 g/mol. The molecule has 1 fully saturated rings. The zero-order valence-electron chi connectivity index (χ0n) is 13.5. The first-order valence-corrected chi connectivity index (χ1v) is 7.65. The van der Waals surface area contributed by atoms with Gasteiger partial charge >= 0.3 is 18.3 Å². The van der Waals surface area contributed by atoms with Gasteiger partial charge in [0.15, 0.2) is 0 Å². The van der Waals surface area contributed by atoms with Crippen molar-refractivity contribution in [3.05, 3.63) is 34.9 Å². The second-order valence-electron chi connectivity index (χ2n) is 6.12. The molecule has 1 saturated heterocycles. The van der Waals surface area contributed by atoms with Gasteiger partial charge in [-0.15, -0.1) is 0 Å². The number of alkyl halides is 6. The molecule has 0 radical (unpaired) electrons. The molecular formula is C16H15F6NO3. The smallest absolute Gasteiger partial charge is 0.416 e. The second-order valence-corrected chi connectivity index (χ2v) is 6.12. The summed E-state index contributed by atoms with van der Waals surface area (Å²) in [5.41, 5.74) is -3.95. The zero-order chi connectivity index (χ0) is 19.9. The van der Waals surface area contributed by atoms with E-state index in [-0.39, 0.29) is 25.5 Å². The molecule has 1 amide bonds. The van der Waals surface area contributed by atoms with Crippen LogP contribution in [0.1, 0.15) is 41.3 Å². The lowest BCUT2D eigenvalue weighted by atomic mass is 9.89. The van der Waals surface area contributed by atoms with E-state index in [0.29, 0.717) is 12.1 Å². The fraction of sp³-hybridized carbons (Fsp3) is 0.500. The van der Waals surface area contributed by atoms with Gasteiger partial charge in [-0.05, 0) is 38.0 Å². The first-order valence-electron chi connectivity index (χ1n) is 7.65. The van der Waals surface area contributed by atoms with E-state index in [4.69, 9.17) is 5.11 Å². The average Bonchev–Trinajstić information content (AvgIpc) is 2.52. The minimum absolute atomic E-state index is 0.0569. The molecule has 0 aliphatic carbocycles. The summed E-state index contributed by atoms with van der Waals surface area (Å²) < 4.78 is 77.5. The summed E-state index contributed by atoms with van der Waals surface area (Å²) >= 11 is 0. The standard InChI is InChI=1S/C16H15F6NO3/c1-8-12(14(25)26)3-2-4-23(8)13(24)9-5-10(15(17,18)19)7-11(6-9)16(20,21)22/h5-8,12H,2-4H2,1H3,(H,25,26)/t8-,12-/m1/s1. The molecule has 2 atom stereocenters. The largest absolute Gasteiger partial charge is 0.481 e. The van der Waals surface area contributed by atoms with Crippen LogP contribution in [0.25, 0.3) is 0 Å². The van der Waals surface area contributed by atoms with Crippen LogP contribution in [0.15, 0.2) is 18.2 Å². The normalized spacial score (nSPS) is 21.6. The van der Waals surface area contributed by atoms with Crippen LogP contribution >= 0.6 is 0 Å². The zero-order valence-corrected chi connectivity index (χ0v) is 13.5. The van der Waals surface area contributed by atoms with Gasteiger partial charge in [0.2, 0.25) is 0 Å². The molecule has 144 valence electrons. The number of rotatable bonds is 2. The van der Waals surface area contributed by atoms with E-state index >= 15 is 0 Å². The molecule has 0 aromatic heterocycles. The number of carboxylic acid groups (broad SMARTS) is 1. The highest BCUT2D eigenvalue weighted by atomic mass is 19.4. The maximum absolute atomic E-state index is 12.9. The van der Waals surface area contributed by atoms with Gasteiger partial charge in [-0.25, -0.2) is 0 Å². The summed E-state index contributed by atoms with van der Waals surface area (Å²) in [7, 11) is 0. The van der Waals surface area contributed by atoms with Crippen molar-refractivity contribution in [1.82, 2.24) is 4.90 Å². The van der Waals surface area contributed by atoms with E-state index in [0.717, 1.165) is 4.90 Å². The summed E-state index contributed by atoms with van der Waals surface area (Å²) in [6.45, 7) is 1.47. The van der Waals surface area contributed by atoms with E-state index in [1.807, 2.05) is 0 Å². The Labute approximate surface area is 144 Å². The van der Waals surface area contributed by atoms with Crippen LogP contribution in [0, 0.1) is 5.92 Å². The van der Waals surface area contributed by atoms with E-state index < -0.39 is 52.9 Å². The first-order chi connectivity index (χ1) is 11.8. The number of nitrogens with zero attached hydrogens (tertiary/aromatic N) is 1. The van der Waals surface area contributed by atoms with Crippen molar-refractivity contribution in [3.8, 4) is 0 Å². The first kappa shape index (κ1) is 20.1. The molecule has 1 N–H and O–H groups in total. The molecule has 1 aromatic carbocycles. The van der Waals surface area contributed by atoms with E-state index in [1.54, 1.807) is 0 Å². The lowest BCUT2D eigenvalue weighted by molar-refractivity contribution is -0.145. The highest BCUT2D eigenvalue weighted by Crippen LogP contribution is 2.37. The van der Waals surface area contributed by atoms with Crippen molar-refractivity contribution in [2.75, 3.05) is 6.54 Å². The Hall–Kier alpha value is -2.26. The van der Waals surface area contributed by atoms with Gasteiger partial charge in [0.1, 0.15) is 0 Å². The number of aliphatic carboxylic acids is 1. The van der Waals surface area contributed by atoms with Crippen molar-refractivity contribution in [1.29, 1.82) is 0 Å². The van der Waals surface area contributed by atoms with Crippen LogP contribution in [0.5, 0.6) is 0 Å². The molecule has 1 aliphatic rings. The molecule has 1 aliphatic heterocycles. The van der Waals surface area contributed by atoms with Crippen LogP contribution in [-0.2, 0) is 17.1 Å². The highest BCUT2D eigenvalue weighted by molar-refractivity contribution is 5.95. The van der Waals surface area contributed by atoms with Crippen molar-refractivity contribution >= 4 is 11.9 Å². The second kappa shape index (κ2) is 6.81. The molecule has 0 bridgehead atoms. The van der Waals surface area contributed by atoms with E-state index in [9.17, 15) is 35.9 Å². The Bertz CT molecular complexity index is 681. The van der Waals surface area contributed by atoms with Crippen molar-refractivity contribution in [3.63, 3.8) is 0 Å². The van der Waals surface area contributed by atoms with Gasteiger partial charge in [-0.2, -0.15) is 26.3 Å². The van der Waals surface area contributed by atoms with Gasteiger partial charge in [0.05, 0.1) is 17.0 Å². The summed E-state index contributed by atoms with van der Waals surface area (Å²) in [6, 6.07) is -0.197. The number of benzene rings is 1. The number of amides is 1. The predicted molar refractivity (Wildman–Crippen MR) is 77.3 cm³/mol. The Morgan fingerprint density at radius 3 is 1.96 bits per heavy atom. The molecule has 1 aromatic rings. The fourth-order valence-corrected chi connectivity index (χ4v) is 3.00. The van der Waals surface area contributed by atoms with Crippen molar-refractivity contribution in [2.45, 2.75) is 38.2 Å². The fourth-order valence-electron chi connectivity index (χ4n) is 3.00. The van der Waals surface area contributed by atoms with Gasteiger partial charge in [0.25, 0.3) is 5.91 Å². The van der Waals surface area contributed by atoms with Crippen LogP contribution in [0.3, 0.4) is 0 Å². The van der Waals surface area contributed by atoms with Crippen LogP contribution in [0.4, 0.5) is 26.3 Å². The quantitative estimate of drug-likeness (QED) is 0.784. The number of hydrogen-bond acceptors (Lipinski definition) is 2. The minimum Gasteiger partial charge on any atom is -0.481 e. The third-order valence-electron chi connectivity index (χ3n) is 4.40. The molecule has 4 nitrogen and oxygen atoms in total. The molecule has 0 saturated carbocycles. The number of likely N-dealkylation sites (tertiary alicyclic amines) is 1. The third-order valence-corrected chi connectivity index (χ3v) is 4.40. The average molecular weight is 383 g/mol. The van der Waals surface area contributed by atoms with Gasteiger partial charge in [0, 0.05) is 18.2 Å². The lowest BCUT2D eigenvalue weighted by Gasteiger charge is -2.37. The summed E-state index contributed by atoms with van der Waals surface area (Å²) in [6.07, 6.45) is -9.56. The number of piperidine rings is 1. The lowest BCUT2D eigenvalue weighted by Crippen LogP contribution is -2.49. The maximum Gasteiger partial charge on any atom is 0.416 e. The van der Waals surface area contributed by atoms with Gasteiger partial charge < -0.3 is 10.0 Å². The molecule has 0 unspecified atom stereocenters. The maximum atomic E-state index is 12.9. The van der Waals surface area contributed by atoms with Gasteiger partial charge in [-0.1, -0.05) is 0 Å². The SMILES string of the molecule is C[C@@H]1[C@H](C(=O)O)CCCN1C(=O)c1cc(C(F)(F)F)cc(C(F)(F)F)c1. The molecule has 26 heavy (non-hydrogen) atoms. The number of hydrogen-bond donors (Lipinski definition) is 1. The van der Waals surface area contributed by atoms with Crippen LogP contribution < -0.4 is 0 Å². The van der Waals surface area contributed by atoms with Crippen molar-refractivity contribution < 1.29 is 41.0 Å². The summed E-state index contributed by atoms with van der Waals surface area (Å²) in [4.78, 5) is 24.8. The Balaban J connectivity index is 2.46. The Kier molecular flexibility index (Phi) is 5.25. The number of carbonyl (C=O) groups excluding carboxylic acids is 1.